The molecule has 2 aromatic rings. The molecule has 2 aliphatic carbocycles. The first-order valence-electron chi connectivity index (χ1n) is 12.5. The Hall–Kier alpha value is -3.35. The molecule has 2 aromatic carbocycles. The van der Waals surface area contributed by atoms with Gasteiger partial charge in [-0.15, -0.1) is 0 Å². The van der Waals surface area contributed by atoms with Crippen LogP contribution >= 0.6 is 0 Å². The van der Waals surface area contributed by atoms with Gasteiger partial charge in [-0.25, -0.2) is 9.59 Å². The summed E-state index contributed by atoms with van der Waals surface area (Å²) in [6.45, 7) is 2.36. The van der Waals surface area contributed by atoms with Gasteiger partial charge < -0.3 is 20.1 Å². The van der Waals surface area contributed by atoms with Crippen molar-refractivity contribution in [3.63, 3.8) is 0 Å². The first kappa shape index (κ1) is 23.4. The number of carbonyl (C=O) groups is 3. The third-order valence-electron chi connectivity index (χ3n) is 8.06. The van der Waals surface area contributed by atoms with Crippen LogP contribution in [0.25, 0.3) is 11.1 Å². The van der Waals surface area contributed by atoms with Crippen molar-refractivity contribution < 1.29 is 24.2 Å². The first-order chi connectivity index (χ1) is 16.9. The van der Waals surface area contributed by atoms with Crippen molar-refractivity contribution in [3.05, 3.63) is 59.7 Å². The molecular weight excluding hydrogens is 444 g/mol. The van der Waals surface area contributed by atoms with Crippen molar-refractivity contribution in [1.29, 1.82) is 0 Å². The molecule has 35 heavy (non-hydrogen) atoms. The molecule has 1 saturated carbocycles. The van der Waals surface area contributed by atoms with Crippen LogP contribution in [-0.2, 0) is 14.3 Å². The number of likely N-dealkylation sites (tertiary alicyclic amines) is 1. The molecule has 0 aromatic heterocycles. The summed E-state index contributed by atoms with van der Waals surface area (Å²) >= 11 is 0. The summed E-state index contributed by atoms with van der Waals surface area (Å²) in [5.74, 6) is -1.34. The van der Waals surface area contributed by atoms with E-state index in [0.717, 1.165) is 24.0 Å². The molecule has 0 spiro atoms. The van der Waals surface area contributed by atoms with Crippen LogP contribution in [0.5, 0.6) is 0 Å². The minimum atomic E-state index is -1.13. The predicted molar refractivity (Wildman–Crippen MR) is 131 cm³/mol. The Labute approximate surface area is 205 Å². The minimum Gasteiger partial charge on any atom is -0.480 e. The molecule has 1 saturated heterocycles. The Bertz CT molecular complexity index is 1100. The van der Waals surface area contributed by atoms with E-state index in [1.54, 1.807) is 6.92 Å². The molecule has 3 aliphatic rings. The number of benzene rings is 2. The van der Waals surface area contributed by atoms with Crippen LogP contribution in [0.4, 0.5) is 4.79 Å². The van der Waals surface area contributed by atoms with E-state index in [2.05, 4.69) is 29.6 Å². The molecule has 2 N–H and O–H groups in total. The highest BCUT2D eigenvalue weighted by atomic mass is 16.5. The highest BCUT2D eigenvalue weighted by molar-refractivity contribution is 5.88. The van der Waals surface area contributed by atoms with Gasteiger partial charge in [0.15, 0.2) is 0 Å². The SMILES string of the molecule is C[C@]1(C(=O)O)CCCN1C(=O)[C@H]1CCC[C@@H](NC(=O)OCC2c3ccccc3-c3ccccc32)C1. The van der Waals surface area contributed by atoms with Gasteiger partial charge in [-0.05, 0) is 61.3 Å². The van der Waals surface area contributed by atoms with Crippen molar-refractivity contribution in [2.45, 2.75) is 62.9 Å². The minimum absolute atomic E-state index is 0.00213. The zero-order chi connectivity index (χ0) is 24.6. The van der Waals surface area contributed by atoms with E-state index in [4.69, 9.17) is 4.74 Å². The van der Waals surface area contributed by atoms with Gasteiger partial charge in [-0.3, -0.25) is 4.79 Å². The smallest absolute Gasteiger partial charge is 0.407 e. The van der Waals surface area contributed by atoms with Crippen LogP contribution in [0.1, 0.15) is 62.5 Å². The Morgan fingerprint density at radius 1 is 1.03 bits per heavy atom. The molecular formula is C28H32N2O5. The van der Waals surface area contributed by atoms with Crippen LogP contribution < -0.4 is 5.32 Å². The van der Waals surface area contributed by atoms with Gasteiger partial charge in [0.05, 0.1) is 0 Å². The van der Waals surface area contributed by atoms with Gasteiger partial charge in [0, 0.05) is 24.4 Å². The summed E-state index contributed by atoms with van der Waals surface area (Å²) < 4.78 is 5.68. The molecule has 0 radical (unpaired) electrons. The summed E-state index contributed by atoms with van der Waals surface area (Å²) in [5, 5.41) is 12.6. The second-order valence-electron chi connectivity index (χ2n) is 10.2. The van der Waals surface area contributed by atoms with Gasteiger partial charge in [0.2, 0.25) is 5.91 Å². The molecule has 3 atom stereocenters. The van der Waals surface area contributed by atoms with Gasteiger partial charge in [-0.1, -0.05) is 55.0 Å². The zero-order valence-corrected chi connectivity index (χ0v) is 20.0. The molecule has 5 rings (SSSR count). The molecule has 0 unspecified atom stereocenters. The molecule has 184 valence electrons. The highest BCUT2D eigenvalue weighted by Crippen LogP contribution is 2.44. The quantitative estimate of drug-likeness (QED) is 0.660. The first-order valence-corrected chi connectivity index (χ1v) is 12.5. The second kappa shape index (κ2) is 9.36. The Balaban J connectivity index is 1.19. The number of nitrogens with one attached hydrogen (secondary N) is 1. The number of fused-ring (bicyclic) bond motifs is 3. The number of amides is 2. The fourth-order valence-electron chi connectivity index (χ4n) is 6.11. The lowest BCUT2D eigenvalue weighted by molar-refractivity contribution is -0.157. The second-order valence-corrected chi connectivity index (χ2v) is 10.2. The Morgan fingerprint density at radius 3 is 2.34 bits per heavy atom. The molecule has 1 heterocycles. The number of rotatable bonds is 5. The van der Waals surface area contributed by atoms with E-state index in [1.165, 1.54) is 16.0 Å². The predicted octanol–water partition coefficient (Wildman–Crippen LogP) is 4.55. The number of alkyl carbamates (subject to hydrolysis) is 1. The van der Waals surface area contributed by atoms with Crippen molar-refractivity contribution in [1.82, 2.24) is 10.2 Å². The molecule has 7 heteroatoms. The van der Waals surface area contributed by atoms with E-state index < -0.39 is 17.6 Å². The largest absolute Gasteiger partial charge is 0.480 e. The van der Waals surface area contributed by atoms with Crippen molar-refractivity contribution >= 4 is 18.0 Å². The van der Waals surface area contributed by atoms with Crippen LogP contribution in [0, 0.1) is 5.92 Å². The zero-order valence-electron chi connectivity index (χ0n) is 20.0. The van der Waals surface area contributed by atoms with Gasteiger partial charge >= 0.3 is 12.1 Å². The average molecular weight is 477 g/mol. The third kappa shape index (κ3) is 4.28. The van der Waals surface area contributed by atoms with Gasteiger partial charge in [0.25, 0.3) is 0 Å². The standard InChI is InChI=1S/C28H32N2O5/c1-28(26(32)33)14-7-15-30(28)25(31)18-8-6-9-19(16-18)29-27(34)35-17-24-22-12-4-2-10-20(22)21-11-3-5-13-23(21)24/h2-5,10-13,18-19,24H,6-9,14-17H2,1H3,(H,29,34)(H,32,33)/t18-,19+,28+/m0/s1. The van der Waals surface area contributed by atoms with E-state index in [1.807, 2.05) is 24.3 Å². The van der Waals surface area contributed by atoms with E-state index in [-0.39, 0.29) is 30.4 Å². The van der Waals surface area contributed by atoms with Crippen molar-refractivity contribution in [3.8, 4) is 11.1 Å². The fourth-order valence-corrected chi connectivity index (χ4v) is 6.11. The molecule has 7 nitrogen and oxygen atoms in total. The van der Waals surface area contributed by atoms with Gasteiger partial charge in [0.1, 0.15) is 12.1 Å². The third-order valence-corrected chi connectivity index (χ3v) is 8.06. The number of nitrogens with zero attached hydrogens (tertiary/aromatic N) is 1. The van der Waals surface area contributed by atoms with Crippen molar-refractivity contribution in [2.75, 3.05) is 13.2 Å². The number of hydrogen-bond acceptors (Lipinski definition) is 4. The number of ether oxygens (including phenoxy) is 1. The number of hydrogen-bond donors (Lipinski definition) is 2. The van der Waals surface area contributed by atoms with E-state index in [9.17, 15) is 19.5 Å². The average Bonchev–Trinajstić information content (AvgIpc) is 3.41. The lowest BCUT2D eigenvalue weighted by Crippen LogP contribution is -2.53. The summed E-state index contributed by atoms with van der Waals surface area (Å²) in [7, 11) is 0. The summed E-state index contributed by atoms with van der Waals surface area (Å²) in [6, 6.07) is 16.3. The fraction of sp³-hybridized carbons (Fsp3) is 0.464. The highest BCUT2D eigenvalue weighted by Gasteiger charge is 2.47. The van der Waals surface area contributed by atoms with E-state index in [0.29, 0.717) is 32.2 Å². The Morgan fingerprint density at radius 2 is 1.69 bits per heavy atom. The molecule has 2 amide bonds. The lowest BCUT2D eigenvalue weighted by atomic mass is 9.84. The lowest BCUT2D eigenvalue weighted by Gasteiger charge is -2.36. The van der Waals surface area contributed by atoms with Gasteiger partial charge in [-0.2, -0.15) is 0 Å². The summed E-state index contributed by atoms with van der Waals surface area (Å²) in [5.41, 5.74) is 3.56. The number of carboxylic acid groups (broad SMARTS) is 1. The molecule has 2 fully saturated rings. The maximum Gasteiger partial charge on any atom is 0.407 e. The van der Waals surface area contributed by atoms with Crippen LogP contribution in [0.3, 0.4) is 0 Å². The molecule has 0 bridgehead atoms. The number of carbonyl (C=O) groups excluding carboxylic acids is 2. The monoisotopic (exact) mass is 476 g/mol. The normalized spacial score (nSPS) is 25.6. The summed E-state index contributed by atoms with van der Waals surface area (Å²) in [4.78, 5) is 39.3. The number of aliphatic carboxylic acids is 1. The number of carboxylic acids is 1. The van der Waals surface area contributed by atoms with Crippen LogP contribution in [-0.4, -0.2) is 52.7 Å². The maximum atomic E-state index is 13.2. The summed E-state index contributed by atoms with van der Waals surface area (Å²) in [6.07, 6.45) is 3.52. The van der Waals surface area contributed by atoms with Crippen molar-refractivity contribution in [2.24, 2.45) is 5.92 Å². The van der Waals surface area contributed by atoms with Crippen LogP contribution in [0.15, 0.2) is 48.5 Å². The van der Waals surface area contributed by atoms with Crippen LogP contribution in [0.2, 0.25) is 0 Å². The van der Waals surface area contributed by atoms with E-state index >= 15 is 0 Å². The molecule has 1 aliphatic heterocycles. The maximum absolute atomic E-state index is 13.2. The Kier molecular flexibility index (Phi) is 6.26. The topological polar surface area (TPSA) is 95.9 Å².